The Hall–Kier alpha value is -2.94. The lowest BCUT2D eigenvalue weighted by Crippen LogP contribution is -2.02. The van der Waals surface area contributed by atoms with Crippen molar-refractivity contribution in [3.63, 3.8) is 0 Å². The Kier molecular flexibility index (Phi) is 4.25. The van der Waals surface area contributed by atoms with Crippen LogP contribution in [0.5, 0.6) is 0 Å². The van der Waals surface area contributed by atoms with Crippen LogP contribution in [-0.4, -0.2) is 11.9 Å². The number of aryl methyl sites for hydroxylation is 1. The summed E-state index contributed by atoms with van der Waals surface area (Å²) in [6.45, 7) is 1.90. The first-order valence-electron chi connectivity index (χ1n) is 7.11. The van der Waals surface area contributed by atoms with Gasteiger partial charge in [-0.15, -0.1) is 5.10 Å². The summed E-state index contributed by atoms with van der Waals surface area (Å²) in [5, 5.41) is 8.57. The van der Waals surface area contributed by atoms with Crippen molar-refractivity contribution >= 4 is 11.9 Å². The van der Waals surface area contributed by atoms with Gasteiger partial charge in [0.1, 0.15) is 17.2 Å². The van der Waals surface area contributed by atoms with Gasteiger partial charge in [-0.05, 0) is 19.1 Å². The lowest BCUT2D eigenvalue weighted by Gasteiger charge is -2.04. The maximum Gasteiger partial charge on any atom is 0.147 e. The van der Waals surface area contributed by atoms with Crippen molar-refractivity contribution in [2.45, 2.75) is 6.92 Å². The molecule has 22 heavy (non-hydrogen) atoms. The summed E-state index contributed by atoms with van der Waals surface area (Å²) < 4.78 is 5.46. The van der Waals surface area contributed by atoms with Crippen LogP contribution in [-0.2, 0) is 0 Å². The molecule has 0 spiro atoms. The van der Waals surface area contributed by atoms with E-state index in [2.05, 4.69) is 10.2 Å². The molecule has 0 N–H and O–H groups in total. The molecule has 0 aliphatic carbocycles. The van der Waals surface area contributed by atoms with Crippen LogP contribution in [0.25, 0.3) is 0 Å². The predicted molar refractivity (Wildman–Crippen MR) is 89.6 cm³/mol. The molecule has 3 heteroatoms. The normalized spacial score (nSPS) is 10.8. The van der Waals surface area contributed by atoms with Crippen LogP contribution in [0, 0.1) is 6.92 Å². The molecular weight excluding hydrogens is 272 g/mol. The van der Waals surface area contributed by atoms with Gasteiger partial charge in [0.2, 0.25) is 0 Å². The van der Waals surface area contributed by atoms with E-state index in [1.165, 1.54) is 0 Å². The fourth-order valence-electron chi connectivity index (χ4n) is 2.14. The van der Waals surface area contributed by atoms with Crippen LogP contribution in [0.3, 0.4) is 0 Å². The smallest absolute Gasteiger partial charge is 0.147 e. The fourth-order valence-corrected chi connectivity index (χ4v) is 2.14. The molecule has 0 aliphatic rings. The molecule has 108 valence electrons. The van der Waals surface area contributed by atoms with Gasteiger partial charge in [0.05, 0.1) is 6.21 Å². The summed E-state index contributed by atoms with van der Waals surface area (Å²) in [7, 11) is 0. The molecule has 0 aliphatic heterocycles. The third kappa shape index (κ3) is 3.38. The maximum absolute atomic E-state index is 5.46. The average Bonchev–Trinajstić information content (AvgIpc) is 2.99. The van der Waals surface area contributed by atoms with Crippen molar-refractivity contribution in [3.8, 4) is 0 Å². The third-order valence-electron chi connectivity index (χ3n) is 3.20. The van der Waals surface area contributed by atoms with Gasteiger partial charge in [-0.1, -0.05) is 60.7 Å². The van der Waals surface area contributed by atoms with Gasteiger partial charge in [-0.2, -0.15) is 5.10 Å². The van der Waals surface area contributed by atoms with Crippen LogP contribution < -0.4 is 0 Å². The van der Waals surface area contributed by atoms with E-state index in [1.54, 1.807) is 6.21 Å². The van der Waals surface area contributed by atoms with E-state index in [1.807, 2.05) is 79.7 Å². The minimum atomic E-state index is 0.696. The highest BCUT2D eigenvalue weighted by atomic mass is 16.3. The second kappa shape index (κ2) is 6.68. The van der Waals surface area contributed by atoms with Crippen molar-refractivity contribution in [2.75, 3.05) is 0 Å². The molecule has 1 aromatic heterocycles. The number of furan rings is 1. The zero-order valence-corrected chi connectivity index (χ0v) is 12.3. The predicted octanol–water partition coefficient (Wildman–Crippen LogP) is 4.46. The van der Waals surface area contributed by atoms with Crippen LogP contribution in [0.4, 0.5) is 0 Å². The largest absolute Gasteiger partial charge is 0.460 e. The van der Waals surface area contributed by atoms with E-state index in [4.69, 9.17) is 4.42 Å². The van der Waals surface area contributed by atoms with E-state index in [0.717, 1.165) is 22.6 Å². The van der Waals surface area contributed by atoms with Gasteiger partial charge in [-0.25, -0.2) is 0 Å². The number of hydrogen-bond donors (Lipinski definition) is 0. The molecule has 0 atom stereocenters. The van der Waals surface area contributed by atoms with Crippen LogP contribution in [0.2, 0.25) is 0 Å². The Balaban J connectivity index is 1.95. The first-order valence-corrected chi connectivity index (χ1v) is 7.11. The average molecular weight is 288 g/mol. The standard InChI is InChI=1S/C19H16N2O/c1-15-12-13-18(22-15)14-20-21-19(16-8-4-2-5-9-16)17-10-6-3-7-11-17/h2-14H,1H3/b20-14-. The van der Waals surface area contributed by atoms with Crippen molar-refractivity contribution in [3.05, 3.63) is 95.4 Å². The van der Waals surface area contributed by atoms with E-state index >= 15 is 0 Å². The number of hydrogen-bond acceptors (Lipinski definition) is 3. The second-order valence-corrected chi connectivity index (χ2v) is 4.87. The van der Waals surface area contributed by atoms with Crippen LogP contribution in [0.15, 0.2) is 87.4 Å². The molecule has 3 nitrogen and oxygen atoms in total. The molecule has 0 fully saturated rings. The van der Waals surface area contributed by atoms with Gasteiger partial charge >= 0.3 is 0 Å². The highest BCUT2D eigenvalue weighted by molar-refractivity contribution is 6.12. The molecule has 0 bridgehead atoms. The quantitative estimate of drug-likeness (QED) is 0.516. The highest BCUT2D eigenvalue weighted by Gasteiger charge is 2.05. The number of benzene rings is 2. The second-order valence-electron chi connectivity index (χ2n) is 4.87. The van der Waals surface area contributed by atoms with Gasteiger partial charge in [-0.3, -0.25) is 0 Å². The van der Waals surface area contributed by atoms with Crippen molar-refractivity contribution in [2.24, 2.45) is 10.2 Å². The number of nitrogens with zero attached hydrogens (tertiary/aromatic N) is 2. The molecule has 2 aromatic carbocycles. The Morgan fingerprint density at radius 2 is 1.41 bits per heavy atom. The Morgan fingerprint density at radius 1 is 0.818 bits per heavy atom. The molecule has 1 heterocycles. The highest BCUT2D eigenvalue weighted by Crippen LogP contribution is 2.11. The van der Waals surface area contributed by atoms with E-state index in [0.29, 0.717) is 5.76 Å². The first-order chi connectivity index (χ1) is 10.8. The third-order valence-corrected chi connectivity index (χ3v) is 3.20. The molecule has 3 rings (SSSR count). The number of rotatable bonds is 4. The minimum Gasteiger partial charge on any atom is -0.460 e. The fraction of sp³-hybridized carbons (Fsp3) is 0.0526. The monoisotopic (exact) mass is 288 g/mol. The summed E-state index contributed by atoms with van der Waals surface area (Å²) >= 11 is 0. The van der Waals surface area contributed by atoms with Gasteiger partial charge in [0.25, 0.3) is 0 Å². The summed E-state index contributed by atoms with van der Waals surface area (Å²) in [4.78, 5) is 0. The lowest BCUT2D eigenvalue weighted by atomic mass is 10.0. The van der Waals surface area contributed by atoms with Crippen molar-refractivity contribution in [1.29, 1.82) is 0 Å². The summed E-state index contributed by atoms with van der Waals surface area (Å²) in [5.74, 6) is 1.55. The maximum atomic E-state index is 5.46. The molecule has 0 radical (unpaired) electrons. The Morgan fingerprint density at radius 3 is 1.91 bits per heavy atom. The van der Waals surface area contributed by atoms with E-state index < -0.39 is 0 Å². The topological polar surface area (TPSA) is 37.9 Å². The zero-order chi connectivity index (χ0) is 15.2. The summed E-state index contributed by atoms with van der Waals surface area (Å²) in [6, 6.07) is 23.8. The Bertz CT molecular complexity index is 745. The summed E-state index contributed by atoms with van der Waals surface area (Å²) in [6.07, 6.45) is 1.62. The van der Waals surface area contributed by atoms with Crippen LogP contribution >= 0.6 is 0 Å². The Labute approximate surface area is 129 Å². The summed E-state index contributed by atoms with van der Waals surface area (Å²) in [5.41, 5.74) is 2.89. The van der Waals surface area contributed by atoms with Crippen molar-refractivity contribution < 1.29 is 4.42 Å². The molecule has 0 saturated heterocycles. The van der Waals surface area contributed by atoms with E-state index in [-0.39, 0.29) is 0 Å². The molecule has 3 aromatic rings. The van der Waals surface area contributed by atoms with E-state index in [9.17, 15) is 0 Å². The molecular formula is C19H16N2O. The van der Waals surface area contributed by atoms with Crippen molar-refractivity contribution in [1.82, 2.24) is 0 Å². The van der Waals surface area contributed by atoms with Gasteiger partial charge < -0.3 is 4.42 Å². The first kappa shape index (κ1) is 14.0. The van der Waals surface area contributed by atoms with Gasteiger partial charge in [0.15, 0.2) is 0 Å². The van der Waals surface area contributed by atoms with Crippen LogP contribution in [0.1, 0.15) is 22.6 Å². The minimum absolute atomic E-state index is 0.696. The zero-order valence-electron chi connectivity index (χ0n) is 12.3. The molecule has 0 unspecified atom stereocenters. The molecule has 0 amide bonds. The lowest BCUT2D eigenvalue weighted by molar-refractivity contribution is 0.528. The van der Waals surface area contributed by atoms with Gasteiger partial charge in [0, 0.05) is 11.1 Å². The molecule has 0 saturated carbocycles. The SMILES string of the molecule is Cc1ccc(/C=N\N=C(c2ccccc2)c2ccccc2)o1.